The van der Waals surface area contributed by atoms with E-state index < -0.39 is 0 Å². The molecule has 1 N–H and O–H groups in total. The Morgan fingerprint density at radius 2 is 1.70 bits per heavy atom. The molecular formula is C17H26N2O. The molecule has 0 bridgehead atoms. The highest BCUT2D eigenvalue weighted by atomic mass is 16.1. The van der Waals surface area contributed by atoms with E-state index in [0.29, 0.717) is 6.42 Å². The number of benzene rings is 1. The van der Waals surface area contributed by atoms with Crippen molar-refractivity contribution in [3.8, 4) is 0 Å². The molecule has 1 fully saturated rings. The Kier molecular flexibility index (Phi) is 4.69. The minimum atomic E-state index is 0.0256. The van der Waals surface area contributed by atoms with Gasteiger partial charge in [-0.25, -0.2) is 0 Å². The molecule has 3 nitrogen and oxygen atoms in total. The number of nitrogens with one attached hydrogen (secondary N) is 1. The standard InChI is InChI=1S/C17H26N2O/c1-17(2,3)13-16(20)18-14-7-9-15(10-8-14)19-11-5-4-6-12-19/h7-10H,4-6,11-13H2,1-3H3,(H,18,20). The van der Waals surface area contributed by atoms with E-state index in [-0.39, 0.29) is 11.3 Å². The molecule has 0 aromatic heterocycles. The third kappa shape index (κ3) is 4.55. The van der Waals surface area contributed by atoms with Crippen LogP contribution in [-0.2, 0) is 4.79 Å². The molecule has 110 valence electrons. The lowest BCUT2D eigenvalue weighted by molar-refractivity contribution is -0.117. The zero-order valence-corrected chi connectivity index (χ0v) is 12.9. The number of hydrogen-bond acceptors (Lipinski definition) is 2. The second-order valence-corrected chi connectivity index (χ2v) is 6.88. The van der Waals surface area contributed by atoms with Gasteiger partial charge >= 0.3 is 0 Å². The van der Waals surface area contributed by atoms with E-state index in [2.05, 4.69) is 43.1 Å². The summed E-state index contributed by atoms with van der Waals surface area (Å²) in [7, 11) is 0. The molecule has 1 aromatic rings. The average Bonchev–Trinajstić information content (AvgIpc) is 2.38. The van der Waals surface area contributed by atoms with Crippen molar-refractivity contribution in [3.05, 3.63) is 24.3 Å². The fraction of sp³-hybridized carbons (Fsp3) is 0.588. The molecule has 1 aliphatic rings. The van der Waals surface area contributed by atoms with Crippen molar-refractivity contribution in [1.82, 2.24) is 0 Å². The quantitative estimate of drug-likeness (QED) is 0.901. The van der Waals surface area contributed by atoms with Crippen LogP contribution in [0.5, 0.6) is 0 Å². The van der Waals surface area contributed by atoms with Gasteiger partial charge < -0.3 is 10.2 Å². The van der Waals surface area contributed by atoms with Crippen molar-refractivity contribution in [2.45, 2.75) is 46.5 Å². The Labute approximate surface area is 122 Å². The molecule has 1 aliphatic heterocycles. The van der Waals surface area contributed by atoms with Gasteiger partial charge in [0, 0.05) is 30.9 Å². The smallest absolute Gasteiger partial charge is 0.224 e. The predicted molar refractivity (Wildman–Crippen MR) is 85.2 cm³/mol. The van der Waals surface area contributed by atoms with Crippen LogP contribution in [0.2, 0.25) is 0 Å². The molecule has 0 unspecified atom stereocenters. The van der Waals surface area contributed by atoms with Crippen LogP contribution in [0.25, 0.3) is 0 Å². The number of amides is 1. The summed E-state index contributed by atoms with van der Waals surface area (Å²) in [6.07, 6.45) is 4.45. The number of rotatable bonds is 3. The second kappa shape index (κ2) is 6.29. The maximum absolute atomic E-state index is 11.9. The zero-order chi connectivity index (χ0) is 14.6. The molecule has 1 amide bonds. The van der Waals surface area contributed by atoms with Crippen LogP contribution < -0.4 is 10.2 Å². The Bertz CT molecular complexity index is 439. The van der Waals surface area contributed by atoms with Crippen molar-refractivity contribution >= 4 is 17.3 Å². The highest BCUT2D eigenvalue weighted by molar-refractivity contribution is 5.91. The van der Waals surface area contributed by atoms with E-state index in [0.717, 1.165) is 18.8 Å². The first-order valence-electron chi connectivity index (χ1n) is 7.59. The number of carbonyl (C=O) groups excluding carboxylic acids is 1. The first-order chi connectivity index (χ1) is 9.44. The van der Waals surface area contributed by atoms with Gasteiger partial charge in [-0.1, -0.05) is 20.8 Å². The average molecular weight is 274 g/mol. The normalized spacial score (nSPS) is 16.1. The SMILES string of the molecule is CC(C)(C)CC(=O)Nc1ccc(N2CCCCC2)cc1. The molecule has 1 aromatic carbocycles. The number of carbonyl (C=O) groups is 1. The van der Waals surface area contributed by atoms with Crippen LogP contribution in [0.15, 0.2) is 24.3 Å². The third-order valence-electron chi connectivity index (χ3n) is 3.56. The van der Waals surface area contributed by atoms with E-state index in [1.807, 2.05) is 12.1 Å². The maximum Gasteiger partial charge on any atom is 0.224 e. The molecular weight excluding hydrogens is 248 g/mol. The van der Waals surface area contributed by atoms with Gasteiger partial charge in [0.2, 0.25) is 5.91 Å². The lowest BCUT2D eigenvalue weighted by Crippen LogP contribution is -2.29. The van der Waals surface area contributed by atoms with Crippen LogP contribution >= 0.6 is 0 Å². The highest BCUT2D eigenvalue weighted by Gasteiger charge is 2.16. The summed E-state index contributed by atoms with van der Waals surface area (Å²) >= 11 is 0. The summed E-state index contributed by atoms with van der Waals surface area (Å²) in [6.45, 7) is 8.52. The van der Waals surface area contributed by atoms with Crippen LogP contribution in [0.3, 0.4) is 0 Å². The van der Waals surface area contributed by atoms with Crippen LogP contribution in [0.1, 0.15) is 46.5 Å². The number of anilines is 2. The topological polar surface area (TPSA) is 32.3 Å². The van der Waals surface area contributed by atoms with E-state index in [1.165, 1.54) is 24.9 Å². The Balaban J connectivity index is 1.92. The molecule has 1 heterocycles. The molecule has 2 rings (SSSR count). The summed E-state index contributed by atoms with van der Waals surface area (Å²) in [6, 6.07) is 8.23. The Morgan fingerprint density at radius 1 is 1.10 bits per heavy atom. The number of nitrogens with zero attached hydrogens (tertiary/aromatic N) is 1. The predicted octanol–water partition coefficient (Wildman–Crippen LogP) is 4.05. The first-order valence-corrected chi connectivity index (χ1v) is 7.59. The molecule has 0 radical (unpaired) electrons. The van der Waals surface area contributed by atoms with Crippen LogP contribution in [-0.4, -0.2) is 19.0 Å². The van der Waals surface area contributed by atoms with Crippen LogP contribution in [0, 0.1) is 5.41 Å². The van der Waals surface area contributed by atoms with E-state index in [1.54, 1.807) is 0 Å². The highest BCUT2D eigenvalue weighted by Crippen LogP contribution is 2.23. The van der Waals surface area contributed by atoms with Gasteiger partial charge in [-0.3, -0.25) is 4.79 Å². The minimum Gasteiger partial charge on any atom is -0.372 e. The largest absolute Gasteiger partial charge is 0.372 e. The molecule has 0 spiro atoms. The Morgan fingerprint density at radius 3 is 2.25 bits per heavy atom. The molecule has 0 atom stereocenters. The molecule has 0 saturated carbocycles. The minimum absolute atomic E-state index is 0.0256. The second-order valence-electron chi connectivity index (χ2n) is 6.88. The van der Waals surface area contributed by atoms with Crippen LogP contribution in [0.4, 0.5) is 11.4 Å². The number of piperidine rings is 1. The zero-order valence-electron chi connectivity index (χ0n) is 12.9. The lowest BCUT2D eigenvalue weighted by atomic mass is 9.92. The number of hydrogen-bond donors (Lipinski definition) is 1. The van der Waals surface area contributed by atoms with Gasteiger partial charge in [0.15, 0.2) is 0 Å². The summed E-state index contributed by atoms with van der Waals surface area (Å²) in [5, 5.41) is 2.97. The van der Waals surface area contributed by atoms with Crippen molar-refractivity contribution in [2.75, 3.05) is 23.3 Å². The molecule has 20 heavy (non-hydrogen) atoms. The summed E-state index contributed by atoms with van der Waals surface area (Å²) < 4.78 is 0. The van der Waals surface area contributed by atoms with Gasteiger partial charge in [-0.2, -0.15) is 0 Å². The fourth-order valence-corrected chi connectivity index (χ4v) is 2.59. The first kappa shape index (κ1) is 14.9. The van der Waals surface area contributed by atoms with Crippen molar-refractivity contribution in [1.29, 1.82) is 0 Å². The lowest BCUT2D eigenvalue weighted by Gasteiger charge is -2.28. The van der Waals surface area contributed by atoms with Crippen molar-refractivity contribution in [3.63, 3.8) is 0 Å². The monoisotopic (exact) mass is 274 g/mol. The maximum atomic E-state index is 11.9. The summed E-state index contributed by atoms with van der Waals surface area (Å²) in [5.41, 5.74) is 2.18. The van der Waals surface area contributed by atoms with Gasteiger partial charge in [0.05, 0.1) is 0 Å². The van der Waals surface area contributed by atoms with Crippen molar-refractivity contribution in [2.24, 2.45) is 5.41 Å². The van der Waals surface area contributed by atoms with E-state index in [9.17, 15) is 4.79 Å². The molecule has 0 aliphatic carbocycles. The summed E-state index contributed by atoms with van der Waals surface area (Å²) in [5.74, 6) is 0.0863. The molecule has 1 saturated heterocycles. The summed E-state index contributed by atoms with van der Waals surface area (Å²) in [4.78, 5) is 14.3. The van der Waals surface area contributed by atoms with Gasteiger partial charge in [-0.05, 0) is 48.9 Å². The Hall–Kier alpha value is -1.51. The van der Waals surface area contributed by atoms with Gasteiger partial charge in [0.25, 0.3) is 0 Å². The van der Waals surface area contributed by atoms with E-state index in [4.69, 9.17) is 0 Å². The fourth-order valence-electron chi connectivity index (χ4n) is 2.59. The third-order valence-corrected chi connectivity index (χ3v) is 3.56. The van der Waals surface area contributed by atoms with Crippen molar-refractivity contribution < 1.29 is 4.79 Å². The van der Waals surface area contributed by atoms with E-state index >= 15 is 0 Å². The molecule has 3 heteroatoms. The van der Waals surface area contributed by atoms with Gasteiger partial charge in [-0.15, -0.1) is 0 Å². The van der Waals surface area contributed by atoms with Gasteiger partial charge in [0.1, 0.15) is 0 Å².